The Morgan fingerprint density at radius 1 is 1.10 bits per heavy atom. The molecule has 1 aromatic carbocycles. The van der Waals surface area contributed by atoms with E-state index in [1.165, 1.54) is 0 Å². The summed E-state index contributed by atoms with van der Waals surface area (Å²) in [5, 5.41) is 0. The number of anilines is 2. The Morgan fingerprint density at radius 2 is 1.87 bits per heavy atom. The van der Waals surface area contributed by atoms with Crippen molar-refractivity contribution in [1.82, 2.24) is 14.9 Å². The summed E-state index contributed by atoms with van der Waals surface area (Å²) in [6.45, 7) is 8.13. The zero-order valence-electron chi connectivity index (χ0n) is 18.4. The van der Waals surface area contributed by atoms with E-state index in [9.17, 15) is 9.18 Å². The van der Waals surface area contributed by atoms with Crippen LogP contribution in [0.5, 0.6) is 0 Å². The van der Waals surface area contributed by atoms with E-state index >= 15 is 0 Å². The zero-order valence-corrected chi connectivity index (χ0v) is 18.4. The van der Waals surface area contributed by atoms with E-state index in [0.717, 1.165) is 86.8 Å². The molecule has 7 heteroatoms. The lowest BCUT2D eigenvalue weighted by Crippen LogP contribution is -2.39. The van der Waals surface area contributed by atoms with Gasteiger partial charge in [0.25, 0.3) is 5.56 Å². The van der Waals surface area contributed by atoms with Gasteiger partial charge in [-0.15, -0.1) is 0 Å². The van der Waals surface area contributed by atoms with Gasteiger partial charge >= 0.3 is 0 Å². The number of benzene rings is 1. The highest BCUT2D eigenvalue weighted by molar-refractivity contribution is 5.50. The van der Waals surface area contributed by atoms with Crippen molar-refractivity contribution >= 4 is 11.6 Å². The van der Waals surface area contributed by atoms with Gasteiger partial charge in [0.2, 0.25) is 5.95 Å². The molecule has 0 aliphatic carbocycles. The van der Waals surface area contributed by atoms with E-state index in [1.807, 2.05) is 12.1 Å². The average Bonchev–Trinajstić information content (AvgIpc) is 3.29. The van der Waals surface area contributed by atoms with Crippen molar-refractivity contribution in [2.75, 3.05) is 42.5 Å². The molecule has 0 spiro atoms. The van der Waals surface area contributed by atoms with Gasteiger partial charge in [-0.1, -0.05) is 13.0 Å². The van der Waals surface area contributed by atoms with E-state index in [-0.39, 0.29) is 11.4 Å². The molecule has 0 atom stereocenters. The van der Waals surface area contributed by atoms with E-state index < -0.39 is 0 Å². The summed E-state index contributed by atoms with van der Waals surface area (Å²) in [5.74, 6) is 1.31. The highest BCUT2D eigenvalue weighted by atomic mass is 19.1. The highest BCUT2D eigenvalue weighted by Gasteiger charge is 2.24. The summed E-state index contributed by atoms with van der Waals surface area (Å²) in [6.07, 6.45) is 5.22. The Morgan fingerprint density at radius 3 is 2.61 bits per heavy atom. The van der Waals surface area contributed by atoms with Crippen molar-refractivity contribution in [3.8, 4) is 0 Å². The summed E-state index contributed by atoms with van der Waals surface area (Å²) in [7, 11) is 0. The number of aromatic amines is 1. The number of hydrogen-bond donors (Lipinski definition) is 1. The van der Waals surface area contributed by atoms with Crippen LogP contribution in [0.2, 0.25) is 0 Å². The number of aromatic nitrogens is 2. The van der Waals surface area contributed by atoms with Crippen molar-refractivity contribution in [1.29, 1.82) is 0 Å². The normalized spacial score (nSPS) is 20.3. The number of nitrogens with one attached hydrogen (secondary N) is 1. The van der Waals surface area contributed by atoms with Crippen molar-refractivity contribution in [3.63, 3.8) is 0 Å². The molecule has 2 aromatic rings. The molecule has 31 heavy (non-hydrogen) atoms. The topological polar surface area (TPSA) is 55.5 Å². The Hall–Kier alpha value is -2.41. The molecule has 3 aliphatic heterocycles. The van der Waals surface area contributed by atoms with Crippen LogP contribution >= 0.6 is 0 Å². The molecular formula is C24H32FN5O. The first-order chi connectivity index (χ1) is 15.1. The van der Waals surface area contributed by atoms with Gasteiger partial charge in [-0.2, -0.15) is 0 Å². The maximum atomic E-state index is 14.7. The molecule has 5 rings (SSSR count). The minimum Gasteiger partial charge on any atom is -0.369 e. The molecule has 0 unspecified atom stereocenters. The lowest BCUT2D eigenvalue weighted by atomic mass is 9.99. The summed E-state index contributed by atoms with van der Waals surface area (Å²) in [6, 6.07) is 5.64. The molecule has 0 amide bonds. The standard InChI is InChI=1S/C24H32FN5O/c1-17-6-12-30(13-7-17)24-26-21-16-28(11-8-19(21)23(31)27-24)15-18-4-5-22(20(25)14-18)29-9-2-3-10-29/h4-5,14,17H,2-3,6-13,15-16H2,1H3,(H,26,27,31). The van der Waals surface area contributed by atoms with Gasteiger partial charge in [-0.05, 0) is 55.7 Å². The maximum Gasteiger partial charge on any atom is 0.255 e. The van der Waals surface area contributed by atoms with Crippen molar-refractivity contribution in [2.45, 2.75) is 52.1 Å². The molecule has 166 valence electrons. The summed E-state index contributed by atoms with van der Waals surface area (Å²) in [4.78, 5) is 27.1. The van der Waals surface area contributed by atoms with Crippen LogP contribution in [0, 0.1) is 11.7 Å². The van der Waals surface area contributed by atoms with Gasteiger partial charge in [-0.25, -0.2) is 9.37 Å². The molecular weight excluding hydrogens is 393 g/mol. The molecule has 2 saturated heterocycles. The zero-order chi connectivity index (χ0) is 21.4. The van der Waals surface area contributed by atoms with Crippen LogP contribution in [0.1, 0.15) is 49.4 Å². The Bertz CT molecular complexity index is 992. The third-order valence-electron chi connectivity index (χ3n) is 7.09. The Balaban J connectivity index is 1.30. The van der Waals surface area contributed by atoms with Crippen LogP contribution in [-0.4, -0.2) is 47.6 Å². The third kappa shape index (κ3) is 4.33. The second kappa shape index (κ2) is 8.61. The summed E-state index contributed by atoms with van der Waals surface area (Å²) >= 11 is 0. The van der Waals surface area contributed by atoms with E-state index in [2.05, 4.69) is 26.6 Å². The smallest absolute Gasteiger partial charge is 0.255 e. The van der Waals surface area contributed by atoms with E-state index in [4.69, 9.17) is 4.98 Å². The Kier molecular flexibility index (Phi) is 5.69. The molecule has 1 N–H and O–H groups in total. The number of piperidine rings is 1. The van der Waals surface area contributed by atoms with Crippen LogP contribution in [0.4, 0.5) is 16.0 Å². The number of rotatable bonds is 4. The van der Waals surface area contributed by atoms with Crippen LogP contribution in [0.25, 0.3) is 0 Å². The predicted octanol–water partition coefficient (Wildman–Crippen LogP) is 3.30. The lowest BCUT2D eigenvalue weighted by molar-refractivity contribution is 0.240. The molecule has 1 aromatic heterocycles. The molecule has 4 heterocycles. The average molecular weight is 426 g/mol. The Labute approximate surface area is 183 Å². The van der Waals surface area contributed by atoms with E-state index in [0.29, 0.717) is 25.5 Å². The van der Waals surface area contributed by atoms with Gasteiger partial charge in [0.15, 0.2) is 0 Å². The molecule has 2 fully saturated rings. The predicted molar refractivity (Wildman–Crippen MR) is 121 cm³/mol. The first-order valence-electron chi connectivity index (χ1n) is 11.7. The number of fused-ring (bicyclic) bond motifs is 1. The minimum atomic E-state index is -0.131. The van der Waals surface area contributed by atoms with Gasteiger partial charge in [-0.3, -0.25) is 14.7 Å². The van der Waals surface area contributed by atoms with Crippen molar-refractivity contribution < 1.29 is 4.39 Å². The number of nitrogens with zero attached hydrogens (tertiary/aromatic N) is 4. The van der Waals surface area contributed by atoms with Crippen LogP contribution in [0.3, 0.4) is 0 Å². The van der Waals surface area contributed by atoms with Crippen molar-refractivity contribution in [2.24, 2.45) is 5.92 Å². The fraction of sp³-hybridized carbons (Fsp3) is 0.583. The lowest BCUT2D eigenvalue weighted by Gasteiger charge is -2.32. The third-order valence-corrected chi connectivity index (χ3v) is 7.09. The van der Waals surface area contributed by atoms with Crippen LogP contribution in [0.15, 0.2) is 23.0 Å². The molecule has 6 nitrogen and oxygen atoms in total. The monoisotopic (exact) mass is 425 g/mol. The van der Waals surface area contributed by atoms with E-state index in [1.54, 1.807) is 6.07 Å². The first kappa shape index (κ1) is 20.5. The van der Waals surface area contributed by atoms with Gasteiger partial charge in [0.1, 0.15) is 5.82 Å². The van der Waals surface area contributed by atoms with Crippen LogP contribution < -0.4 is 15.4 Å². The quantitative estimate of drug-likeness (QED) is 0.815. The SMILES string of the molecule is CC1CCN(c2nc3c(c(=O)[nH]2)CCN(Cc2ccc(N4CCCC4)c(F)c2)C3)CC1. The van der Waals surface area contributed by atoms with Crippen LogP contribution in [-0.2, 0) is 19.5 Å². The number of hydrogen-bond acceptors (Lipinski definition) is 5. The number of H-pyrrole nitrogens is 1. The minimum absolute atomic E-state index is 0.000664. The second-order valence-electron chi connectivity index (χ2n) is 9.42. The largest absolute Gasteiger partial charge is 0.369 e. The fourth-order valence-electron chi connectivity index (χ4n) is 5.11. The van der Waals surface area contributed by atoms with Gasteiger partial charge in [0.05, 0.1) is 11.4 Å². The second-order valence-corrected chi connectivity index (χ2v) is 9.42. The summed E-state index contributed by atoms with van der Waals surface area (Å²) in [5.41, 5.74) is 3.37. The first-order valence-corrected chi connectivity index (χ1v) is 11.7. The highest BCUT2D eigenvalue weighted by Crippen LogP contribution is 2.26. The van der Waals surface area contributed by atoms with Gasteiger partial charge in [0, 0.05) is 51.4 Å². The maximum absolute atomic E-state index is 14.7. The molecule has 0 bridgehead atoms. The van der Waals surface area contributed by atoms with Crippen molar-refractivity contribution in [3.05, 3.63) is 51.2 Å². The number of halogens is 1. The summed E-state index contributed by atoms with van der Waals surface area (Å²) < 4.78 is 14.7. The van der Waals surface area contributed by atoms with Gasteiger partial charge < -0.3 is 9.80 Å². The fourth-order valence-corrected chi connectivity index (χ4v) is 5.11. The molecule has 0 saturated carbocycles. The molecule has 0 radical (unpaired) electrons. The molecule has 3 aliphatic rings.